The van der Waals surface area contributed by atoms with Crippen molar-refractivity contribution < 1.29 is 18.3 Å². The topological polar surface area (TPSA) is 68.2 Å². The number of benzene rings is 1. The fraction of sp³-hybridized carbons (Fsp3) is 0.333. The van der Waals surface area contributed by atoms with Gasteiger partial charge in [-0.25, -0.2) is 8.78 Å². The summed E-state index contributed by atoms with van der Waals surface area (Å²) in [7, 11) is 0. The fourth-order valence-corrected chi connectivity index (χ4v) is 5.07. The molecule has 2 N–H and O–H groups in total. The molecule has 6 nitrogen and oxygen atoms in total. The van der Waals surface area contributed by atoms with Crippen molar-refractivity contribution in [1.29, 1.82) is 0 Å². The van der Waals surface area contributed by atoms with Crippen molar-refractivity contribution in [2.75, 3.05) is 19.7 Å². The number of carbonyl (C=O) groups excluding carboxylic acids is 1. The number of thiophene rings is 1. The van der Waals surface area contributed by atoms with Crippen LogP contribution in [-0.4, -0.2) is 41.4 Å². The highest BCUT2D eigenvalue weighted by Gasteiger charge is 2.30. The van der Waals surface area contributed by atoms with Crippen LogP contribution in [-0.2, 0) is 6.54 Å². The van der Waals surface area contributed by atoms with E-state index in [1.807, 2.05) is 16.8 Å². The molecule has 0 aliphatic carbocycles. The standard InChI is InChI=1S/C21H20F2N4O2S.ClH/c22-15-2-1-12(9-16(15)23)13-3-5-24-11-17(13)26-20(28)19-10-14-18-4-6-25-27(18)7-8-29-21(14)30-19;/h1-2,4,6,9-10,13,17,24H,3,5,7-8,11H2,(H,26,28);1H/t13-,17+;/m0./s1. The van der Waals surface area contributed by atoms with Crippen LogP contribution in [0.15, 0.2) is 36.5 Å². The summed E-state index contributed by atoms with van der Waals surface area (Å²) in [5.74, 6) is -2.04. The number of ether oxygens (including phenoxy) is 1. The average molecular weight is 467 g/mol. The molecule has 0 unspecified atom stereocenters. The zero-order valence-corrected chi connectivity index (χ0v) is 18.1. The molecular weight excluding hydrogens is 446 g/mol. The number of halogens is 3. The van der Waals surface area contributed by atoms with E-state index < -0.39 is 11.6 Å². The summed E-state index contributed by atoms with van der Waals surface area (Å²) in [5, 5.41) is 11.3. The molecule has 0 saturated carbocycles. The van der Waals surface area contributed by atoms with E-state index in [1.54, 1.807) is 12.3 Å². The van der Waals surface area contributed by atoms with E-state index in [0.29, 0.717) is 35.2 Å². The summed E-state index contributed by atoms with van der Waals surface area (Å²) >= 11 is 1.31. The van der Waals surface area contributed by atoms with E-state index in [4.69, 9.17) is 4.74 Å². The quantitative estimate of drug-likeness (QED) is 0.619. The van der Waals surface area contributed by atoms with Crippen molar-refractivity contribution >= 4 is 29.7 Å². The predicted molar refractivity (Wildman–Crippen MR) is 116 cm³/mol. The number of nitrogens with one attached hydrogen (secondary N) is 2. The van der Waals surface area contributed by atoms with Gasteiger partial charge in [0.15, 0.2) is 16.7 Å². The Balaban J connectivity index is 0.00000231. The van der Waals surface area contributed by atoms with Gasteiger partial charge in [-0.05, 0) is 42.8 Å². The second-order valence-corrected chi connectivity index (χ2v) is 8.47. The monoisotopic (exact) mass is 466 g/mol. The molecule has 0 spiro atoms. The van der Waals surface area contributed by atoms with Crippen LogP contribution in [0.5, 0.6) is 5.06 Å². The van der Waals surface area contributed by atoms with Crippen LogP contribution in [0, 0.1) is 11.6 Å². The van der Waals surface area contributed by atoms with E-state index in [-0.39, 0.29) is 30.3 Å². The smallest absolute Gasteiger partial charge is 0.261 e. The molecule has 3 aromatic rings. The highest BCUT2D eigenvalue weighted by atomic mass is 35.5. The Morgan fingerprint density at radius 2 is 2.13 bits per heavy atom. The summed E-state index contributed by atoms with van der Waals surface area (Å²) in [5.41, 5.74) is 2.48. The Kier molecular flexibility index (Phi) is 6.27. The third-order valence-corrected chi connectivity index (χ3v) is 6.67. The fourth-order valence-electron chi connectivity index (χ4n) is 4.13. The van der Waals surface area contributed by atoms with Gasteiger partial charge in [0.25, 0.3) is 5.91 Å². The normalized spacial score (nSPS) is 19.9. The number of fused-ring (bicyclic) bond motifs is 3. The van der Waals surface area contributed by atoms with Crippen molar-refractivity contribution in [3.8, 4) is 16.3 Å². The third kappa shape index (κ3) is 4.17. The summed E-state index contributed by atoms with van der Waals surface area (Å²) in [4.78, 5) is 13.6. The van der Waals surface area contributed by atoms with Gasteiger partial charge in [-0.2, -0.15) is 5.10 Å². The molecule has 1 fully saturated rings. The van der Waals surface area contributed by atoms with Gasteiger partial charge in [-0.3, -0.25) is 9.48 Å². The second-order valence-electron chi connectivity index (χ2n) is 7.45. The Labute approximate surface area is 188 Å². The maximum absolute atomic E-state index is 13.8. The molecule has 4 heterocycles. The van der Waals surface area contributed by atoms with Crippen LogP contribution >= 0.6 is 23.7 Å². The molecule has 2 aliphatic heterocycles. The Morgan fingerprint density at radius 3 is 2.97 bits per heavy atom. The third-order valence-electron chi connectivity index (χ3n) is 5.62. The van der Waals surface area contributed by atoms with E-state index in [9.17, 15) is 13.6 Å². The highest BCUT2D eigenvalue weighted by Crippen LogP contribution is 2.40. The number of hydrogen-bond donors (Lipinski definition) is 2. The molecule has 2 atom stereocenters. The van der Waals surface area contributed by atoms with Crippen LogP contribution in [0.4, 0.5) is 8.78 Å². The number of carbonyl (C=O) groups is 1. The minimum atomic E-state index is -0.869. The van der Waals surface area contributed by atoms with Gasteiger partial charge in [0.05, 0.1) is 22.7 Å². The van der Waals surface area contributed by atoms with Crippen molar-refractivity contribution in [2.45, 2.75) is 24.9 Å². The van der Waals surface area contributed by atoms with E-state index in [0.717, 1.165) is 30.3 Å². The first kappa shape index (κ1) is 21.7. The first-order valence-electron chi connectivity index (χ1n) is 9.85. The summed E-state index contributed by atoms with van der Waals surface area (Å²) in [6.45, 7) is 2.47. The van der Waals surface area contributed by atoms with E-state index >= 15 is 0 Å². The van der Waals surface area contributed by atoms with Crippen LogP contribution in [0.2, 0.25) is 0 Å². The molecule has 1 amide bonds. The predicted octanol–water partition coefficient (Wildman–Crippen LogP) is 3.58. The number of piperidine rings is 1. The van der Waals surface area contributed by atoms with E-state index in [2.05, 4.69) is 15.7 Å². The Morgan fingerprint density at radius 1 is 1.26 bits per heavy atom. The molecule has 2 aromatic heterocycles. The summed E-state index contributed by atoms with van der Waals surface area (Å²) in [6, 6.07) is 7.47. The number of aromatic nitrogens is 2. The largest absolute Gasteiger partial charge is 0.481 e. The molecule has 5 rings (SSSR count). The lowest BCUT2D eigenvalue weighted by atomic mass is 9.86. The van der Waals surface area contributed by atoms with Gasteiger partial charge in [0.2, 0.25) is 0 Å². The van der Waals surface area contributed by atoms with Crippen LogP contribution in [0.1, 0.15) is 27.6 Å². The highest BCUT2D eigenvalue weighted by molar-refractivity contribution is 7.16. The van der Waals surface area contributed by atoms with Gasteiger partial charge in [0, 0.05) is 24.7 Å². The van der Waals surface area contributed by atoms with Crippen LogP contribution in [0.25, 0.3) is 11.3 Å². The SMILES string of the molecule is Cl.O=C(N[C@@H]1CNCC[C@H]1c1ccc(F)c(F)c1)c1cc2c(s1)OCCn1nccc1-2. The van der Waals surface area contributed by atoms with Gasteiger partial charge >= 0.3 is 0 Å². The van der Waals surface area contributed by atoms with Gasteiger partial charge in [0.1, 0.15) is 6.61 Å². The Hall–Kier alpha value is -2.49. The molecule has 164 valence electrons. The summed E-state index contributed by atoms with van der Waals surface area (Å²) in [6.07, 6.45) is 2.46. The second kappa shape index (κ2) is 8.94. The first-order chi connectivity index (χ1) is 14.6. The van der Waals surface area contributed by atoms with Gasteiger partial charge < -0.3 is 15.4 Å². The van der Waals surface area contributed by atoms with Crippen molar-refractivity contribution in [3.05, 3.63) is 58.6 Å². The molecule has 1 saturated heterocycles. The van der Waals surface area contributed by atoms with Crippen molar-refractivity contribution in [3.63, 3.8) is 0 Å². The van der Waals surface area contributed by atoms with Gasteiger partial charge in [-0.1, -0.05) is 17.4 Å². The molecule has 2 aliphatic rings. The number of nitrogens with zero attached hydrogens (tertiary/aromatic N) is 2. The Bertz CT molecular complexity index is 1100. The minimum absolute atomic E-state index is 0. The van der Waals surface area contributed by atoms with Gasteiger partial charge in [-0.15, -0.1) is 12.4 Å². The molecule has 0 radical (unpaired) electrons. The number of hydrogen-bond acceptors (Lipinski definition) is 5. The molecule has 0 bridgehead atoms. The molecule has 31 heavy (non-hydrogen) atoms. The van der Waals surface area contributed by atoms with Crippen LogP contribution < -0.4 is 15.4 Å². The summed E-state index contributed by atoms with van der Waals surface area (Å²) < 4.78 is 34.8. The first-order valence-corrected chi connectivity index (χ1v) is 10.7. The lowest BCUT2D eigenvalue weighted by molar-refractivity contribution is 0.0928. The lowest BCUT2D eigenvalue weighted by Gasteiger charge is -2.33. The maximum atomic E-state index is 13.8. The molecular formula is C21H21ClF2N4O2S. The number of rotatable bonds is 3. The molecule has 10 heteroatoms. The minimum Gasteiger partial charge on any atom is -0.481 e. The maximum Gasteiger partial charge on any atom is 0.261 e. The van der Waals surface area contributed by atoms with Crippen molar-refractivity contribution in [1.82, 2.24) is 20.4 Å². The van der Waals surface area contributed by atoms with E-state index in [1.165, 1.54) is 17.4 Å². The number of amides is 1. The average Bonchev–Trinajstić information content (AvgIpc) is 3.35. The zero-order valence-electron chi connectivity index (χ0n) is 16.4. The zero-order chi connectivity index (χ0) is 20.7. The van der Waals surface area contributed by atoms with Crippen molar-refractivity contribution in [2.24, 2.45) is 0 Å². The lowest BCUT2D eigenvalue weighted by Crippen LogP contribution is -2.49. The van der Waals surface area contributed by atoms with Crippen LogP contribution in [0.3, 0.4) is 0 Å². The molecule has 1 aromatic carbocycles.